The number of thioether (sulfide) groups is 1. The number of nitrogens with zero attached hydrogens (tertiary/aromatic N) is 2. The molecule has 19 heavy (non-hydrogen) atoms. The molecule has 1 N–H and O–H groups in total. The van der Waals surface area contributed by atoms with Crippen molar-refractivity contribution in [2.24, 2.45) is 0 Å². The van der Waals surface area contributed by atoms with Crippen LogP contribution < -0.4 is 5.32 Å². The van der Waals surface area contributed by atoms with E-state index in [0.29, 0.717) is 28.8 Å². The maximum atomic E-state index is 11.6. The van der Waals surface area contributed by atoms with Crippen molar-refractivity contribution in [3.63, 3.8) is 0 Å². The van der Waals surface area contributed by atoms with Crippen LogP contribution in [0, 0.1) is 6.92 Å². The normalized spacial score (nSPS) is 10.4. The van der Waals surface area contributed by atoms with E-state index in [2.05, 4.69) is 15.5 Å². The van der Waals surface area contributed by atoms with Gasteiger partial charge in [0.1, 0.15) is 10.8 Å². The molecule has 5 nitrogen and oxygen atoms in total. The molecule has 0 bridgehead atoms. The van der Waals surface area contributed by atoms with Gasteiger partial charge in [-0.1, -0.05) is 16.8 Å². The fourth-order valence-electron chi connectivity index (χ4n) is 1.35. The van der Waals surface area contributed by atoms with Gasteiger partial charge in [-0.2, -0.15) is 0 Å². The van der Waals surface area contributed by atoms with E-state index in [-0.39, 0.29) is 5.91 Å². The summed E-state index contributed by atoms with van der Waals surface area (Å²) < 4.78 is 4.86. The van der Waals surface area contributed by atoms with Crippen LogP contribution in [0.2, 0.25) is 5.02 Å². The molecule has 2 aromatic rings. The summed E-state index contributed by atoms with van der Waals surface area (Å²) in [7, 11) is 0. The third kappa shape index (κ3) is 4.25. The third-order valence-corrected chi connectivity index (χ3v) is 3.61. The summed E-state index contributed by atoms with van der Waals surface area (Å²) >= 11 is 7.41. The van der Waals surface area contributed by atoms with Crippen LogP contribution >= 0.6 is 23.4 Å². The van der Waals surface area contributed by atoms with E-state index in [1.807, 2.05) is 0 Å². The standard InChI is InChI=1S/C12H12ClN3O2S/c1-8-7-10(16-18-8)15-11(17)4-6-19-12-9(13)3-2-5-14-12/h2-3,5,7H,4,6H2,1H3,(H,15,16,17). The van der Waals surface area contributed by atoms with Gasteiger partial charge in [0.15, 0.2) is 5.82 Å². The highest BCUT2D eigenvalue weighted by atomic mass is 35.5. The molecule has 0 radical (unpaired) electrons. The Morgan fingerprint density at radius 2 is 2.42 bits per heavy atom. The van der Waals surface area contributed by atoms with Gasteiger partial charge < -0.3 is 9.84 Å². The minimum atomic E-state index is -0.118. The maximum Gasteiger partial charge on any atom is 0.226 e. The lowest BCUT2D eigenvalue weighted by molar-refractivity contribution is -0.115. The molecule has 7 heteroatoms. The van der Waals surface area contributed by atoms with E-state index in [1.54, 1.807) is 31.3 Å². The number of carbonyl (C=O) groups is 1. The van der Waals surface area contributed by atoms with Gasteiger partial charge in [0.25, 0.3) is 0 Å². The Labute approximate surface area is 119 Å². The zero-order valence-corrected chi connectivity index (χ0v) is 11.8. The van der Waals surface area contributed by atoms with E-state index in [1.165, 1.54) is 11.8 Å². The fraction of sp³-hybridized carbons (Fsp3) is 0.250. The smallest absolute Gasteiger partial charge is 0.226 e. The predicted octanol–water partition coefficient (Wildman–Crippen LogP) is 3.15. The SMILES string of the molecule is Cc1cc(NC(=O)CCSc2ncccc2Cl)no1. The lowest BCUT2D eigenvalue weighted by Crippen LogP contribution is -2.12. The highest BCUT2D eigenvalue weighted by Crippen LogP contribution is 2.24. The van der Waals surface area contributed by atoms with Gasteiger partial charge >= 0.3 is 0 Å². The Morgan fingerprint density at radius 3 is 3.11 bits per heavy atom. The molecule has 100 valence electrons. The molecule has 0 aromatic carbocycles. The van der Waals surface area contributed by atoms with Gasteiger partial charge in [-0.3, -0.25) is 4.79 Å². The molecule has 0 saturated heterocycles. The number of rotatable bonds is 5. The second-order valence-electron chi connectivity index (χ2n) is 3.76. The van der Waals surface area contributed by atoms with Crippen molar-refractivity contribution in [1.29, 1.82) is 0 Å². The maximum absolute atomic E-state index is 11.6. The quantitative estimate of drug-likeness (QED) is 0.859. The summed E-state index contributed by atoms with van der Waals surface area (Å²) in [5.41, 5.74) is 0. The summed E-state index contributed by atoms with van der Waals surface area (Å²) in [6.07, 6.45) is 2.02. The van der Waals surface area contributed by atoms with Crippen LogP contribution in [0.15, 0.2) is 33.9 Å². The Morgan fingerprint density at radius 1 is 1.58 bits per heavy atom. The Hall–Kier alpha value is -1.53. The summed E-state index contributed by atoms with van der Waals surface area (Å²) in [4.78, 5) is 15.8. The summed E-state index contributed by atoms with van der Waals surface area (Å²) in [5, 5.41) is 7.67. The number of pyridine rings is 1. The Kier molecular flexibility index (Phi) is 4.81. The van der Waals surface area contributed by atoms with E-state index in [0.717, 1.165) is 5.03 Å². The second kappa shape index (κ2) is 6.58. The van der Waals surface area contributed by atoms with Crippen LogP contribution in [0.1, 0.15) is 12.2 Å². The van der Waals surface area contributed by atoms with Gasteiger partial charge in [-0.05, 0) is 19.1 Å². The Bertz CT molecular complexity index is 574. The molecule has 2 aromatic heterocycles. The van der Waals surface area contributed by atoms with Gasteiger partial charge in [-0.25, -0.2) is 4.98 Å². The Balaban J connectivity index is 1.77. The first-order chi connectivity index (χ1) is 9.15. The lowest BCUT2D eigenvalue weighted by atomic mass is 10.4. The molecule has 0 aliphatic carbocycles. The average Bonchev–Trinajstić information content (AvgIpc) is 2.77. The van der Waals surface area contributed by atoms with Crippen LogP contribution in [0.3, 0.4) is 0 Å². The molecule has 0 fully saturated rings. The molecule has 0 aliphatic rings. The number of amides is 1. The highest BCUT2D eigenvalue weighted by Gasteiger charge is 2.07. The second-order valence-corrected chi connectivity index (χ2v) is 5.25. The minimum Gasteiger partial charge on any atom is -0.360 e. The van der Waals surface area contributed by atoms with Crippen LogP contribution in [-0.2, 0) is 4.79 Å². The van der Waals surface area contributed by atoms with Gasteiger partial charge in [0, 0.05) is 24.4 Å². The first kappa shape index (κ1) is 13.9. The van der Waals surface area contributed by atoms with Crippen molar-refractivity contribution < 1.29 is 9.32 Å². The zero-order valence-electron chi connectivity index (χ0n) is 10.2. The van der Waals surface area contributed by atoms with E-state index < -0.39 is 0 Å². The number of halogens is 1. The number of aromatic nitrogens is 2. The summed E-state index contributed by atoms with van der Waals surface area (Å²) in [5.74, 6) is 1.57. The highest BCUT2D eigenvalue weighted by molar-refractivity contribution is 7.99. The van der Waals surface area contributed by atoms with Crippen molar-refractivity contribution in [1.82, 2.24) is 10.1 Å². The predicted molar refractivity (Wildman–Crippen MR) is 74.5 cm³/mol. The van der Waals surface area contributed by atoms with E-state index >= 15 is 0 Å². The van der Waals surface area contributed by atoms with Crippen LogP contribution in [0.5, 0.6) is 0 Å². The number of carbonyl (C=O) groups excluding carboxylic acids is 1. The molecule has 0 saturated carbocycles. The van der Waals surface area contributed by atoms with Gasteiger partial charge in [0.05, 0.1) is 5.02 Å². The van der Waals surface area contributed by atoms with E-state index in [4.69, 9.17) is 16.1 Å². The summed E-state index contributed by atoms with van der Waals surface area (Å²) in [6, 6.07) is 5.21. The molecule has 0 atom stereocenters. The van der Waals surface area contributed by atoms with Crippen molar-refractivity contribution in [3.05, 3.63) is 35.2 Å². The molecule has 2 heterocycles. The number of anilines is 1. The van der Waals surface area contributed by atoms with Crippen molar-refractivity contribution in [2.45, 2.75) is 18.4 Å². The third-order valence-electron chi connectivity index (χ3n) is 2.19. The van der Waals surface area contributed by atoms with E-state index in [9.17, 15) is 4.79 Å². The van der Waals surface area contributed by atoms with Crippen LogP contribution in [0.25, 0.3) is 0 Å². The van der Waals surface area contributed by atoms with Crippen LogP contribution in [0.4, 0.5) is 5.82 Å². The van der Waals surface area contributed by atoms with Crippen LogP contribution in [-0.4, -0.2) is 21.8 Å². The largest absolute Gasteiger partial charge is 0.360 e. The number of hydrogen-bond donors (Lipinski definition) is 1. The topological polar surface area (TPSA) is 68.0 Å². The molecule has 0 spiro atoms. The molecular formula is C12H12ClN3O2S. The minimum absolute atomic E-state index is 0.118. The average molecular weight is 298 g/mol. The van der Waals surface area contributed by atoms with Crippen molar-refractivity contribution in [2.75, 3.05) is 11.1 Å². The first-order valence-electron chi connectivity index (χ1n) is 5.61. The molecule has 1 amide bonds. The number of nitrogens with one attached hydrogen (secondary N) is 1. The van der Waals surface area contributed by atoms with Crippen molar-refractivity contribution in [3.8, 4) is 0 Å². The molecule has 0 aliphatic heterocycles. The number of hydrogen-bond acceptors (Lipinski definition) is 5. The lowest BCUT2D eigenvalue weighted by Gasteiger charge is -2.02. The van der Waals surface area contributed by atoms with Gasteiger partial charge in [0.2, 0.25) is 5.91 Å². The molecule has 2 rings (SSSR count). The van der Waals surface area contributed by atoms with Gasteiger partial charge in [-0.15, -0.1) is 11.8 Å². The molecule has 0 unspecified atom stereocenters. The fourth-order valence-corrected chi connectivity index (χ4v) is 2.46. The summed E-state index contributed by atoms with van der Waals surface area (Å²) in [6.45, 7) is 1.77. The monoisotopic (exact) mass is 297 g/mol. The number of aryl methyl sites for hydroxylation is 1. The zero-order chi connectivity index (χ0) is 13.7. The molecular weight excluding hydrogens is 286 g/mol. The van der Waals surface area contributed by atoms with Crippen molar-refractivity contribution >= 4 is 35.1 Å². The first-order valence-corrected chi connectivity index (χ1v) is 6.98.